The van der Waals surface area contributed by atoms with Crippen LogP contribution in [0.4, 0.5) is 0 Å². The van der Waals surface area contributed by atoms with Gasteiger partial charge in [-0.1, -0.05) is 60.1 Å². The number of hydrogen-bond acceptors (Lipinski definition) is 5. The second kappa shape index (κ2) is 8.82. The van der Waals surface area contributed by atoms with E-state index in [-0.39, 0.29) is 51.5 Å². The summed E-state index contributed by atoms with van der Waals surface area (Å²) >= 11 is 0. The van der Waals surface area contributed by atoms with Crippen LogP contribution in [0.3, 0.4) is 0 Å². The van der Waals surface area contributed by atoms with Crippen LogP contribution in [0.15, 0.2) is 11.6 Å². The highest BCUT2D eigenvalue weighted by Crippen LogP contribution is 2.75. The number of fused-ring (bicyclic) bond motifs is 7. The molecule has 0 heterocycles. The van der Waals surface area contributed by atoms with Gasteiger partial charge in [0.25, 0.3) is 0 Å². The average molecular weight is 529 g/mol. The number of carbonyl (C=O) groups excluding carboxylic acids is 2. The predicted octanol–water partition coefficient (Wildman–Crippen LogP) is 6.72. The normalized spacial score (nSPS) is 51.3. The molecule has 0 saturated heterocycles. The molecule has 0 bridgehead atoms. The summed E-state index contributed by atoms with van der Waals surface area (Å²) in [6, 6.07) is 0. The molecule has 0 aromatic heterocycles. The topological polar surface area (TPSA) is 72.8 Å². The van der Waals surface area contributed by atoms with Crippen LogP contribution in [-0.2, 0) is 19.1 Å². The van der Waals surface area contributed by atoms with E-state index in [4.69, 9.17) is 9.47 Å². The van der Waals surface area contributed by atoms with E-state index < -0.39 is 11.5 Å². The third-order valence-electron chi connectivity index (χ3n) is 13.7. The van der Waals surface area contributed by atoms with Gasteiger partial charge >= 0.3 is 11.9 Å². The zero-order chi connectivity index (χ0) is 28.1. The molecule has 11 atom stereocenters. The lowest BCUT2D eigenvalue weighted by Gasteiger charge is -2.72. The fourth-order valence-electron chi connectivity index (χ4n) is 11.6. The molecule has 0 spiro atoms. The molecule has 5 aliphatic carbocycles. The molecule has 0 aromatic carbocycles. The lowest BCUT2D eigenvalue weighted by molar-refractivity contribution is -0.246. The minimum Gasteiger partial charge on any atom is -0.469 e. The molecule has 5 aliphatic rings. The van der Waals surface area contributed by atoms with E-state index in [0.717, 1.165) is 51.4 Å². The molecule has 1 N–H and O–H groups in total. The van der Waals surface area contributed by atoms with E-state index in [2.05, 4.69) is 54.5 Å². The zero-order valence-electron chi connectivity index (χ0n) is 25.4. The van der Waals surface area contributed by atoms with Gasteiger partial charge in [0, 0.05) is 12.3 Å². The summed E-state index contributed by atoms with van der Waals surface area (Å²) in [5, 5.41) is 12.0. The van der Waals surface area contributed by atoms with Gasteiger partial charge in [-0.25, -0.2) is 0 Å². The van der Waals surface area contributed by atoms with E-state index in [9.17, 15) is 14.7 Å². The van der Waals surface area contributed by atoms with Crippen LogP contribution in [0.2, 0.25) is 0 Å². The Labute approximate surface area is 230 Å². The first-order valence-corrected chi connectivity index (χ1v) is 15.2. The molecule has 0 aliphatic heterocycles. The summed E-state index contributed by atoms with van der Waals surface area (Å²) in [6.07, 6.45) is 9.29. The monoisotopic (exact) mass is 528 g/mol. The molecule has 5 nitrogen and oxygen atoms in total. The first-order valence-electron chi connectivity index (χ1n) is 15.2. The van der Waals surface area contributed by atoms with Crippen LogP contribution in [0, 0.1) is 56.7 Å². The average Bonchev–Trinajstić information content (AvgIpc) is 2.82. The lowest BCUT2D eigenvalue weighted by Crippen LogP contribution is -2.68. The number of aliphatic hydroxyl groups excluding tert-OH is 1. The largest absolute Gasteiger partial charge is 0.469 e. The maximum atomic E-state index is 13.5. The molecule has 4 saturated carbocycles. The fourth-order valence-corrected chi connectivity index (χ4v) is 11.6. The minimum absolute atomic E-state index is 0.0160. The minimum atomic E-state index is -0.458. The van der Waals surface area contributed by atoms with Crippen molar-refractivity contribution in [3.05, 3.63) is 11.6 Å². The molecule has 0 radical (unpaired) electrons. The summed E-state index contributed by atoms with van der Waals surface area (Å²) in [4.78, 5) is 25.4. The summed E-state index contributed by atoms with van der Waals surface area (Å²) < 4.78 is 11.3. The van der Waals surface area contributed by atoms with Crippen molar-refractivity contribution in [1.82, 2.24) is 0 Å². The third-order valence-corrected chi connectivity index (χ3v) is 13.7. The summed E-state index contributed by atoms with van der Waals surface area (Å²) in [5.74, 6) is 1.44. The quantitative estimate of drug-likeness (QED) is 0.318. The van der Waals surface area contributed by atoms with Gasteiger partial charge in [-0.05, 0) is 97.2 Å². The molecular weight excluding hydrogens is 476 g/mol. The summed E-state index contributed by atoms with van der Waals surface area (Å²) in [5.41, 5.74) is 0.557. The number of aliphatic hydroxyl groups is 1. The molecule has 38 heavy (non-hydrogen) atoms. The molecule has 0 aromatic rings. The van der Waals surface area contributed by atoms with Gasteiger partial charge in [0.1, 0.15) is 6.10 Å². The van der Waals surface area contributed by atoms with Crippen LogP contribution in [0.5, 0.6) is 0 Å². The highest BCUT2D eigenvalue weighted by Gasteiger charge is 2.71. The van der Waals surface area contributed by atoms with E-state index in [0.29, 0.717) is 17.8 Å². The Balaban J connectivity index is 1.60. The van der Waals surface area contributed by atoms with Crippen molar-refractivity contribution in [3.8, 4) is 0 Å². The number of carbonyl (C=O) groups is 2. The maximum Gasteiger partial charge on any atom is 0.312 e. The van der Waals surface area contributed by atoms with Crippen molar-refractivity contribution in [1.29, 1.82) is 0 Å². The van der Waals surface area contributed by atoms with E-state index >= 15 is 0 Å². The molecule has 0 amide bonds. The number of hydrogen-bond donors (Lipinski definition) is 1. The Morgan fingerprint density at radius 3 is 2.32 bits per heavy atom. The van der Waals surface area contributed by atoms with Gasteiger partial charge in [-0.2, -0.15) is 0 Å². The van der Waals surface area contributed by atoms with Gasteiger partial charge in [0.15, 0.2) is 0 Å². The number of allylic oxidation sites excluding steroid dienone is 2. The van der Waals surface area contributed by atoms with Crippen molar-refractivity contribution >= 4 is 11.9 Å². The first kappa shape index (κ1) is 28.2. The number of ether oxygens (including phenoxy) is 2. The Morgan fingerprint density at radius 1 is 1.00 bits per heavy atom. The van der Waals surface area contributed by atoms with Gasteiger partial charge in [-0.15, -0.1) is 0 Å². The molecule has 4 fully saturated rings. The maximum absolute atomic E-state index is 13.5. The molecule has 11 unspecified atom stereocenters. The second-order valence-electron chi connectivity index (χ2n) is 15.4. The van der Waals surface area contributed by atoms with Gasteiger partial charge < -0.3 is 14.6 Å². The van der Waals surface area contributed by atoms with Gasteiger partial charge in [-0.3, -0.25) is 9.59 Å². The van der Waals surface area contributed by atoms with Crippen LogP contribution >= 0.6 is 0 Å². The second-order valence-corrected chi connectivity index (χ2v) is 15.4. The fraction of sp³-hybridized carbons (Fsp3) is 0.879. The number of esters is 2. The first-order chi connectivity index (χ1) is 17.6. The molecule has 5 rings (SSSR count). The van der Waals surface area contributed by atoms with Crippen molar-refractivity contribution in [2.24, 2.45) is 56.7 Å². The van der Waals surface area contributed by atoms with Crippen molar-refractivity contribution in [2.75, 3.05) is 7.11 Å². The summed E-state index contributed by atoms with van der Waals surface area (Å²) in [6.45, 7) is 18.0. The van der Waals surface area contributed by atoms with Crippen molar-refractivity contribution < 1.29 is 24.2 Å². The smallest absolute Gasteiger partial charge is 0.312 e. The summed E-state index contributed by atoms with van der Waals surface area (Å²) in [7, 11) is 1.56. The Hall–Kier alpha value is -1.36. The van der Waals surface area contributed by atoms with Gasteiger partial charge in [0.2, 0.25) is 0 Å². The van der Waals surface area contributed by atoms with Crippen molar-refractivity contribution in [2.45, 2.75) is 119 Å². The Kier molecular flexibility index (Phi) is 6.54. The third kappa shape index (κ3) is 3.45. The van der Waals surface area contributed by atoms with E-state index in [1.807, 2.05) is 0 Å². The van der Waals surface area contributed by atoms with Crippen molar-refractivity contribution in [3.63, 3.8) is 0 Å². The van der Waals surface area contributed by atoms with E-state index in [1.165, 1.54) is 12.5 Å². The SMILES string of the molecule is COC(=O)C12CCC(C)C(C)C1C1=CCC3C4(C)CCC(OC(C)=O)C(C)(C)C4C(O)CC3(C)C1(C)CC2. The standard InChI is InChI=1S/C33H52O5/c1-19-12-15-33(28(36)37-9)17-16-31(7)22(26(33)20(19)2)10-11-24-30(6)14-13-25(38-21(3)34)29(4,5)27(30)23(35)18-32(24,31)8/h10,19-20,23-27,35H,11-18H2,1-9H3. The predicted molar refractivity (Wildman–Crippen MR) is 148 cm³/mol. The van der Waals surface area contributed by atoms with Crippen LogP contribution in [0.1, 0.15) is 107 Å². The van der Waals surface area contributed by atoms with E-state index in [1.54, 1.807) is 7.11 Å². The Bertz CT molecular complexity index is 1030. The molecule has 214 valence electrons. The number of methoxy groups -OCH3 is 1. The van der Waals surface area contributed by atoms with Crippen LogP contribution < -0.4 is 0 Å². The highest BCUT2D eigenvalue weighted by atomic mass is 16.5. The van der Waals surface area contributed by atoms with Crippen LogP contribution in [0.25, 0.3) is 0 Å². The van der Waals surface area contributed by atoms with Gasteiger partial charge in [0.05, 0.1) is 18.6 Å². The number of rotatable bonds is 2. The molecule has 5 heteroatoms. The lowest BCUT2D eigenvalue weighted by atomic mass is 9.33. The van der Waals surface area contributed by atoms with Crippen LogP contribution in [-0.4, -0.2) is 36.4 Å². The highest BCUT2D eigenvalue weighted by molar-refractivity contribution is 5.78. The zero-order valence-corrected chi connectivity index (χ0v) is 25.4. The molecular formula is C33H52O5. The Morgan fingerprint density at radius 2 is 1.68 bits per heavy atom.